The van der Waals surface area contributed by atoms with E-state index in [1.54, 1.807) is 4.31 Å². The standard InChI is InChI=1S/C21H32N4O2S/c1-3-22-21(23-16-20-11-14-25(17-20)28(2,26)27)24-12-9-19(10-13-24)15-18-7-5-4-6-8-18/h4-8,15,20H,3,9-14,16-17H2,1-2H3,(H,22,23). The van der Waals surface area contributed by atoms with Gasteiger partial charge in [0.15, 0.2) is 5.96 Å². The van der Waals surface area contributed by atoms with Gasteiger partial charge in [-0.05, 0) is 37.7 Å². The number of aliphatic imine (C=N–C) groups is 1. The molecule has 1 aromatic carbocycles. The molecule has 1 aromatic rings. The van der Waals surface area contributed by atoms with Crippen LogP contribution < -0.4 is 5.32 Å². The predicted molar refractivity (Wildman–Crippen MR) is 116 cm³/mol. The SMILES string of the molecule is CCNC(=NCC1CCN(S(C)(=O)=O)C1)N1CCC(=Cc2ccccc2)CC1. The molecule has 2 aliphatic heterocycles. The Bertz CT molecular complexity index is 795. The Morgan fingerprint density at radius 2 is 1.93 bits per heavy atom. The van der Waals surface area contributed by atoms with Crippen molar-refractivity contribution in [2.45, 2.75) is 26.2 Å². The minimum absolute atomic E-state index is 0.307. The number of nitrogens with one attached hydrogen (secondary N) is 1. The first-order valence-corrected chi connectivity index (χ1v) is 12.0. The Hall–Kier alpha value is -1.86. The summed E-state index contributed by atoms with van der Waals surface area (Å²) in [7, 11) is -3.08. The molecule has 1 unspecified atom stereocenters. The Balaban J connectivity index is 1.56. The summed E-state index contributed by atoms with van der Waals surface area (Å²) in [6, 6.07) is 10.5. The second-order valence-corrected chi connectivity index (χ2v) is 9.65. The number of likely N-dealkylation sites (tertiary alicyclic amines) is 1. The van der Waals surface area contributed by atoms with Gasteiger partial charge in [0.1, 0.15) is 0 Å². The minimum Gasteiger partial charge on any atom is -0.357 e. The molecule has 3 rings (SSSR count). The monoisotopic (exact) mass is 404 g/mol. The third-order valence-electron chi connectivity index (χ3n) is 5.43. The molecule has 2 fully saturated rings. The Kier molecular flexibility index (Phi) is 7.13. The van der Waals surface area contributed by atoms with Gasteiger partial charge in [-0.25, -0.2) is 12.7 Å². The van der Waals surface area contributed by atoms with Gasteiger partial charge in [-0.15, -0.1) is 0 Å². The Labute approximate surface area is 169 Å². The van der Waals surface area contributed by atoms with Gasteiger partial charge in [0, 0.05) is 39.3 Å². The molecule has 154 valence electrons. The summed E-state index contributed by atoms with van der Waals surface area (Å²) in [6.07, 6.45) is 6.58. The third-order valence-corrected chi connectivity index (χ3v) is 6.70. The van der Waals surface area contributed by atoms with Crippen LogP contribution >= 0.6 is 0 Å². The molecule has 2 saturated heterocycles. The number of sulfonamides is 1. The largest absolute Gasteiger partial charge is 0.357 e. The fourth-order valence-electron chi connectivity index (χ4n) is 3.82. The lowest BCUT2D eigenvalue weighted by Gasteiger charge is -2.31. The van der Waals surface area contributed by atoms with Gasteiger partial charge in [-0.3, -0.25) is 4.99 Å². The van der Waals surface area contributed by atoms with E-state index in [1.165, 1.54) is 17.4 Å². The number of rotatable bonds is 5. The van der Waals surface area contributed by atoms with Crippen molar-refractivity contribution in [3.63, 3.8) is 0 Å². The number of benzene rings is 1. The molecule has 1 atom stereocenters. The smallest absolute Gasteiger partial charge is 0.211 e. The summed E-state index contributed by atoms with van der Waals surface area (Å²) < 4.78 is 25.0. The van der Waals surface area contributed by atoms with Gasteiger partial charge >= 0.3 is 0 Å². The summed E-state index contributed by atoms with van der Waals surface area (Å²) in [5.74, 6) is 1.26. The van der Waals surface area contributed by atoms with Crippen LogP contribution in [0.4, 0.5) is 0 Å². The van der Waals surface area contributed by atoms with Gasteiger partial charge in [-0.2, -0.15) is 0 Å². The molecule has 0 aromatic heterocycles. The number of hydrogen-bond acceptors (Lipinski definition) is 3. The summed E-state index contributed by atoms with van der Waals surface area (Å²) in [5, 5.41) is 3.41. The maximum absolute atomic E-state index is 11.7. The zero-order valence-electron chi connectivity index (χ0n) is 17.0. The normalized spacial score (nSPS) is 21.8. The van der Waals surface area contributed by atoms with Crippen LogP contribution in [0.2, 0.25) is 0 Å². The van der Waals surface area contributed by atoms with Crippen LogP contribution in [0.1, 0.15) is 31.7 Å². The molecule has 1 N–H and O–H groups in total. The highest BCUT2D eigenvalue weighted by molar-refractivity contribution is 7.88. The quantitative estimate of drug-likeness (QED) is 0.605. The van der Waals surface area contributed by atoms with Crippen LogP contribution in [0, 0.1) is 5.92 Å². The number of guanidine groups is 1. The molecule has 0 radical (unpaired) electrons. The first kappa shape index (κ1) is 20.9. The summed E-state index contributed by atoms with van der Waals surface area (Å²) >= 11 is 0. The zero-order valence-corrected chi connectivity index (χ0v) is 17.8. The van der Waals surface area contributed by atoms with E-state index in [-0.39, 0.29) is 0 Å². The average molecular weight is 405 g/mol. The van der Waals surface area contributed by atoms with Crippen molar-refractivity contribution in [1.29, 1.82) is 0 Å². The fraction of sp³-hybridized carbons (Fsp3) is 0.571. The molecule has 28 heavy (non-hydrogen) atoms. The highest BCUT2D eigenvalue weighted by atomic mass is 32.2. The maximum atomic E-state index is 11.7. The fourth-order valence-corrected chi connectivity index (χ4v) is 4.74. The van der Waals surface area contributed by atoms with Crippen LogP contribution in [0.15, 0.2) is 40.9 Å². The lowest BCUT2D eigenvalue weighted by Crippen LogP contribution is -2.44. The van der Waals surface area contributed by atoms with Gasteiger partial charge in [0.25, 0.3) is 0 Å². The molecule has 0 saturated carbocycles. The molecule has 2 heterocycles. The maximum Gasteiger partial charge on any atom is 0.211 e. The number of hydrogen-bond donors (Lipinski definition) is 1. The molecule has 0 aliphatic carbocycles. The highest BCUT2D eigenvalue weighted by Crippen LogP contribution is 2.21. The molecule has 2 aliphatic rings. The Morgan fingerprint density at radius 1 is 1.21 bits per heavy atom. The first-order chi connectivity index (χ1) is 13.5. The lowest BCUT2D eigenvalue weighted by atomic mass is 10.0. The minimum atomic E-state index is -3.08. The zero-order chi connectivity index (χ0) is 20.0. The molecule has 0 bridgehead atoms. The van der Waals surface area contributed by atoms with Crippen LogP contribution in [-0.2, 0) is 10.0 Å². The van der Waals surface area contributed by atoms with E-state index >= 15 is 0 Å². The topological polar surface area (TPSA) is 65.0 Å². The first-order valence-electron chi connectivity index (χ1n) is 10.2. The molecule has 0 amide bonds. The van der Waals surface area contributed by atoms with Gasteiger partial charge in [0.05, 0.1) is 6.26 Å². The lowest BCUT2D eigenvalue weighted by molar-refractivity contribution is 0.374. The predicted octanol–water partition coefficient (Wildman–Crippen LogP) is 2.41. The number of piperidine rings is 1. The molecular formula is C21H32N4O2S. The van der Waals surface area contributed by atoms with Crippen LogP contribution in [-0.4, -0.2) is 69.1 Å². The van der Waals surface area contributed by atoms with Gasteiger partial charge < -0.3 is 10.2 Å². The van der Waals surface area contributed by atoms with Crippen LogP contribution in [0.5, 0.6) is 0 Å². The van der Waals surface area contributed by atoms with Crippen molar-refractivity contribution in [2.24, 2.45) is 10.9 Å². The van der Waals surface area contributed by atoms with E-state index in [4.69, 9.17) is 4.99 Å². The van der Waals surface area contributed by atoms with E-state index in [0.29, 0.717) is 25.6 Å². The van der Waals surface area contributed by atoms with E-state index in [1.807, 2.05) is 6.07 Å². The van der Waals surface area contributed by atoms with Crippen molar-refractivity contribution in [3.8, 4) is 0 Å². The molecule has 6 nitrogen and oxygen atoms in total. The van der Waals surface area contributed by atoms with Crippen molar-refractivity contribution >= 4 is 22.1 Å². The van der Waals surface area contributed by atoms with Crippen LogP contribution in [0.3, 0.4) is 0 Å². The molecular weight excluding hydrogens is 372 g/mol. The molecule has 7 heteroatoms. The van der Waals surface area contributed by atoms with E-state index in [2.05, 4.69) is 47.5 Å². The van der Waals surface area contributed by atoms with Gasteiger partial charge in [0.2, 0.25) is 10.0 Å². The summed E-state index contributed by atoms with van der Waals surface area (Å²) in [6.45, 7) is 6.73. The molecule has 0 spiro atoms. The average Bonchev–Trinajstić information content (AvgIpc) is 3.16. The van der Waals surface area contributed by atoms with E-state index in [0.717, 1.165) is 44.9 Å². The Morgan fingerprint density at radius 3 is 2.54 bits per heavy atom. The number of nitrogens with zero attached hydrogens (tertiary/aromatic N) is 3. The summed E-state index contributed by atoms with van der Waals surface area (Å²) in [4.78, 5) is 7.16. The third kappa shape index (κ3) is 5.82. The van der Waals surface area contributed by atoms with E-state index in [9.17, 15) is 8.42 Å². The van der Waals surface area contributed by atoms with Crippen molar-refractivity contribution in [1.82, 2.24) is 14.5 Å². The second kappa shape index (κ2) is 9.56. The van der Waals surface area contributed by atoms with Crippen molar-refractivity contribution < 1.29 is 8.42 Å². The second-order valence-electron chi connectivity index (χ2n) is 7.67. The van der Waals surface area contributed by atoms with E-state index < -0.39 is 10.0 Å². The van der Waals surface area contributed by atoms with Crippen LogP contribution in [0.25, 0.3) is 6.08 Å². The highest BCUT2D eigenvalue weighted by Gasteiger charge is 2.28. The van der Waals surface area contributed by atoms with Crippen molar-refractivity contribution in [3.05, 3.63) is 41.5 Å². The summed E-state index contributed by atoms with van der Waals surface area (Å²) in [5.41, 5.74) is 2.75. The van der Waals surface area contributed by atoms with Gasteiger partial charge in [-0.1, -0.05) is 42.0 Å². The van der Waals surface area contributed by atoms with Crippen molar-refractivity contribution in [2.75, 3.05) is 45.5 Å².